The first-order chi connectivity index (χ1) is 64.5. The van der Waals surface area contributed by atoms with Crippen molar-refractivity contribution >= 4 is 131 Å². The molecule has 0 saturated heterocycles. The number of furan rings is 4. The van der Waals surface area contributed by atoms with E-state index in [1.54, 1.807) is 0 Å². The van der Waals surface area contributed by atoms with Crippen molar-refractivity contribution in [2.24, 2.45) is 0 Å². The largest absolute Gasteiger partial charge is 0.456 e. The molecule has 4 heterocycles. The van der Waals surface area contributed by atoms with Crippen LogP contribution in [0.15, 0.2) is 479 Å². The van der Waals surface area contributed by atoms with Crippen molar-refractivity contribution in [1.82, 2.24) is 0 Å². The van der Waals surface area contributed by atoms with Crippen LogP contribution in [0.5, 0.6) is 0 Å². The van der Waals surface area contributed by atoms with Crippen LogP contribution in [0.4, 0.5) is 0 Å². The number of hydrogen-bond acceptors (Lipinski definition) is 4. The lowest BCUT2D eigenvalue weighted by atomic mass is 9.67. The molecule has 0 spiro atoms. The molecule has 28 rings (SSSR count). The Kier molecular flexibility index (Phi) is 16.3. The van der Waals surface area contributed by atoms with Crippen LogP contribution < -0.4 is 0 Å². The second-order valence-electron chi connectivity index (χ2n) is 34.9. The van der Waals surface area contributed by atoms with Gasteiger partial charge in [-0.3, -0.25) is 0 Å². The maximum atomic E-state index is 6.74. The molecule has 0 bridgehead atoms. The highest BCUT2D eigenvalue weighted by Crippen LogP contribution is 2.61. The Morgan fingerprint density at radius 2 is 0.392 bits per heavy atom. The number of hydrogen-bond donors (Lipinski definition) is 0. The van der Waals surface area contributed by atoms with Crippen molar-refractivity contribution in [3.05, 3.63) is 506 Å². The molecule has 4 heteroatoms. The lowest BCUT2D eigenvalue weighted by Gasteiger charge is -2.34. The quantitative estimate of drug-likeness (QED) is 0.128. The Morgan fingerprint density at radius 3 is 0.769 bits per heavy atom. The van der Waals surface area contributed by atoms with Crippen LogP contribution >= 0.6 is 0 Å². The number of para-hydroxylation sites is 6. The third kappa shape index (κ3) is 10.8. The number of benzene rings is 22. The van der Waals surface area contributed by atoms with Gasteiger partial charge >= 0.3 is 0 Å². The van der Waals surface area contributed by atoms with Crippen LogP contribution in [0.1, 0.15) is 44.5 Å². The minimum absolute atomic E-state index is 0.523. The first kappa shape index (κ1) is 73.4. The van der Waals surface area contributed by atoms with Gasteiger partial charge in [0.1, 0.15) is 44.7 Å². The first-order valence-electron chi connectivity index (χ1n) is 44.8. The summed E-state index contributed by atoms with van der Waals surface area (Å²) in [6.07, 6.45) is 0. The highest BCUT2D eigenvalue weighted by molar-refractivity contribution is 6.24. The van der Waals surface area contributed by atoms with Crippen LogP contribution in [0, 0.1) is 0 Å². The average Bonchev–Trinajstić information content (AvgIpc) is 1.51. The monoisotopic (exact) mass is 1650 g/mol. The molecule has 2 aliphatic carbocycles. The zero-order valence-corrected chi connectivity index (χ0v) is 70.5. The molecule has 0 radical (unpaired) electrons. The van der Waals surface area contributed by atoms with Crippen molar-refractivity contribution < 1.29 is 17.7 Å². The zero-order chi connectivity index (χ0) is 85.3. The Labute approximate surface area is 748 Å². The maximum Gasteiger partial charge on any atom is 0.143 e. The lowest BCUT2D eigenvalue weighted by Crippen LogP contribution is -2.28. The van der Waals surface area contributed by atoms with E-state index in [9.17, 15) is 0 Å². The summed E-state index contributed by atoms with van der Waals surface area (Å²) in [7, 11) is 0. The molecule has 4 aromatic heterocycles. The molecule has 0 saturated carbocycles. The molecule has 26 aromatic rings. The van der Waals surface area contributed by atoms with Gasteiger partial charge in [-0.1, -0.05) is 388 Å². The van der Waals surface area contributed by atoms with Crippen molar-refractivity contribution in [2.75, 3.05) is 0 Å². The number of rotatable bonds is 10. The van der Waals surface area contributed by atoms with Gasteiger partial charge in [-0.05, 0) is 238 Å². The van der Waals surface area contributed by atoms with E-state index in [1.807, 2.05) is 24.3 Å². The molecule has 0 atom stereocenters. The molecule has 604 valence electrons. The van der Waals surface area contributed by atoms with E-state index in [2.05, 4.69) is 437 Å². The van der Waals surface area contributed by atoms with Crippen LogP contribution in [-0.2, 0) is 10.8 Å². The fraction of sp³-hybridized carbons (Fsp3) is 0.0159. The van der Waals surface area contributed by atoms with Gasteiger partial charge in [0.05, 0.1) is 10.8 Å². The molecule has 0 N–H and O–H groups in total. The maximum absolute atomic E-state index is 6.74. The topological polar surface area (TPSA) is 52.6 Å². The Hall–Kier alpha value is -16.9. The second kappa shape index (κ2) is 28.8. The Morgan fingerprint density at radius 1 is 0.131 bits per heavy atom. The average molecular weight is 1650 g/mol. The summed E-state index contributed by atoms with van der Waals surface area (Å²) in [5, 5.41) is 18.4. The lowest BCUT2D eigenvalue weighted by molar-refractivity contribution is 0.668. The highest BCUT2D eigenvalue weighted by atomic mass is 16.3. The van der Waals surface area contributed by atoms with Crippen LogP contribution in [0.25, 0.3) is 220 Å². The van der Waals surface area contributed by atoms with Crippen LogP contribution in [0.3, 0.4) is 0 Å². The molecule has 0 fully saturated rings. The summed E-state index contributed by atoms with van der Waals surface area (Å²) in [4.78, 5) is 0. The van der Waals surface area contributed by atoms with Gasteiger partial charge < -0.3 is 17.7 Å². The van der Waals surface area contributed by atoms with E-state index in [1.165, 1.54) is 121 Å². The first-order valence-corrected chi connectivity index (χ1v) is 44.8. The van der Waals surface area contributed by atoms with E-state index < -0.39 is 10.8 Å². The van der Waals surface area contributed by atoms with E-state index in [0.29, 0.717) is 0 Å². The smallest absolute Gasteiger partial charge is 0.143 e. The molecule has 22 aromatic carbocycles. The molecular formula is C126H76O4. The van der Waals surface area contributed by atoms with Gasteiger partial charge in [-0.2, -0.15) is 0 Å². The van der Waals surface area contributed by atoms with Gasteiger partial charge in [0.2, 0.25) is 0 Å². The predicted molar refractivity (Wildman–Crippen MR) is 539 cm³/mol. The van der Waals surface area contributed by atoms with Crippen LogP contribution in [0.2, 0.25) is 0 Å². The summed E-state index contributed by atoms with van der Waals surface area (Å²) >= 11 is 0. The second-order valence-corrected chi connectivity index (χ2v) is 34.9. The summed E-state index contributed by atoms with van der Waals surface area (Å²) in [6, 6.07) is 169. The van der Waals surface area contributed by atoms with Gasteiger partial charge in [0.15, 0.2) is 0 Å². The minimum atomic E-state index is -0.533. The van der Waals surface area contributed by atoms with Crippen molar-refractivity contribution in [3.8, 4) is 89.0 Å². The molecule has 2 aliphatic rings. The van der Waals surface area contributed by atoms with Gasteiger partial charge in [0, 0.05) is 54.2 Å². The predicted octanol–water partition coefficient (Wildman–Crippen LogP) is 34.3. The summed E-state index contributed by atoms with van der Waals surface area (Å²) in [5.41, 5.74) is 35.1. The zero-order valence-electron chi connectivity index (χ0n) is 70.5. The van der Waals surface area contributed by atoms with E-state index in [4.69, 9.17) is 17.7 Å². The van der Waals surface area contributed by atoms with Crippen LogP contribution in [-0.4, -0.2) is 0 Å². The fourth-order valence-electron chi connectivity index (χ4n) is 22.8. The van der Waals surface area contributed by atoms with Gasteiger partial charge in [0.25, 0.3) is 0 Å². The van der Waals surface area contributed by atoms with Crippen molar-refractivity contribution in [1.29, 1.82) is 0 Å². The van der Waals surface area contributed by atoms with E-state index in [-0.39, 0.29) is 0 Å². The fourth-order valence-corrected chi connectivity index (χ4v) is 22.8. The molecule has 0 aliphatic heterocycles. The van der Waals surface area contributed by atoms with Crippen molar-refractivity contribution in [3.63, 3.8) is 0 Å². The molecular weight excluding hydrogens is 1580 g/mol. The Bertz CT molecular complexity index is 8760. The van der Waals surface area contributed by atoms with Crippen molar-refractivity contribution in [2.45, 2.75) is 10.8 Å². The van der Waals surface area contributed by atoms with Gasteiger partial charge in [-0.15, -0.1) is 0 Å². The third-order valence-electron chi connectivity index (χ3n) is 28.3. The summed E-state index contributed by atoms with van der Waals surface area (Å²) in [5.74, 6) is 0. The standard InChI is InChI=1S/2C63H38O2/c1-3-17-40(18-4-1)63(41-19-5-2-6-20-41)56-32-10-7-21-44(56)45-36-35-39(37-57(45)63)60-48-26-13-24-42(50-28-15-30-52-46-22-8-11-33-58(46)64-61(50)52)54(48)38-55-43(25-14-27-49(55)60)51-29-16-31-53-47-23-9-12-34-59(47)65-62(51)53;1-3-15-42(16-4-1)63(43-17-5-2-6-18-43)56-26-10-7-19-46(56)47-32-31-41(35-57(47)63)62-52-24-13-22-44(39-29-33-50-48-20-8-11-27-58(48)64-60(50)36-39)54(52)38-55-45(23-14-25-53(55)62)40-30-34-51-49-21-9-12-28-59(49)65-61(51)37-40/h2*1-38H. The normalized spacial score (nSPS) is 13.0. The Balaban J connectivity index is 0.000000134. The third-order valence-corrected chi connectivity index (χ3v) is 28.3. The molecule has 0 unspecified atom stereocenters. The van der Waals surface area contributed by atoms with Gasteiger partial charge in [-0.25, -0.2) is 0 Å². The summed E-state index contributed by atoms with van der Waals surface area (Å²) in [6.45, 7) is 0. The SMILES string of the molecule is c1ccc(C2(c3ccccc3)c3ccccc3-c3ccc(-c4c5cccc(-c6ccc7c(c6)oc6ccccc67)c5cc5c(-c6ccc7c(c6)oc6ccccc67)cccc45)cc32)cc1.c1ccc(C2(c3ccccc3)c3ccccc3-c3ccc(-c4c5cccc(-c6cccc7c6oc6ccccc67)c5cc5c(-c6cccc7c6oc6ccccc67)cccc45)cc32)cc1. The molecule has 0 amide bonds. The highest BCUT2D eigenvalue weighted by Gasteiger charge is 2.48. The summed E-state index contributed by atoms with van der Waals surface area (Å²) < 4.78 is 26.4. The van der Waals surface area contributed by atoms with E-state index in [0.717, 1.165) is 143 Å². The molecule has 4 nitrogen and oxygen atoms in total. The molecule has 130 heavy (non-hydrogen) atoms. The minimum Gasteiger partial charge on any atom is -0.456 e. The number of fused-ring (bicyclic) bond motifs is 22. The van der Waals surface area contributed by atoms with E-state index >= 15 is 0 Å².